The highest BCUT2D eigenvalue weighted by molar-refractivity contribution is 8.01. The number of aliphatic hydroxyl groups is 1. The second-order valence-electron chi connectivity index (χ2n) is 1.56. The lowest BCUT2D eigenvalue weighted by atomic mass is 10.9. The summed E-state index contributed by atoms with van der Waals surface area (Å²) in [6, 6.07) is 0. The fourth-order valence-corrected chi connectivity index (χ4v) is 0. The first-order valence-corrected chi connectivity index (χ1v) is 5.37. The molecule has 0 radical (unpaired) electrons. The summed E-state index contributed by atoms with van der Waals surface area (Å²) in [5, 5.41) is 7.80. The Morgan fingerprint density at radius 3 is 1.73 bits per heavy atom. The molecule has 0 aromatic rings. The maximum absolute atomic E-state index is 9.81. The molecule has 0 aromatic heterocycles. The first-order chi connectivity index (χ1) is 4.86. The molecule has 70 valence electrons. The fraction of sp³-hybridized carbons (Fsp3) is 1.00. The zero-order chi connectivity index (χ0) is 9.49. The van der Waals surface area contributed by atoms with Gasteiger partial charge in [0.2, 0.25) is 0 Å². The van der Waals surface area contributed by atoms with Gasteiger partial charge in [-0.3, -0.25) is 4.55 Å². The lowest BCUT2D eigenvalue weighted by Gasteiger charge is -1.93. The molecule has 4 nitrogen and oxygen atoms in total. The highest BCUT2D eigenvalue weighted by Crippen LogP contribution is 1.99. The molecular formula is C4H12O4S3. The van der Waals surface area contributed by atoms with E-state index < -0.39 is 14.7 Å². The van der Waals surface area contributed by atoms with Crippen molar-refractivity contribution >= 4 is 35.4 Å². The second-order valence-corrected chi connectivity index (χ2v) is 4.87. The number of hydrogen-bond donors (Lipinski definition) is 4. The Labute approximate surface area is 77.6 Å². The molecule has 0 saturated heterocycles. The van der Waals surface area contributed by atoms with Gasteiger partial charge in [-0.2, -0.15) is 33.7 Å². The van der Waals surface area contributed by atoms with Crippen LogP contribution in [0.25, 0.3) is 0 Å². The molecule has 0 fully saturated rings. The summed E-state index contributed by atoms with van der Waals surface area (Å²) in [7, 11) is -3.88. The fourth-order valence-electron chi connectivity index (χ4n) is 0. The highest BCUT2D eigenvalue weighted by Gasteiger charge is 2.09. The molecule has 1 atom stereocenters. The third kappa shape index (κ3) is 13.5. The topological polar surface area (TPSA) is 74.6 Å². The molecule has 0 amide bonds. The average molecular weight is 220 g/mol. The molecule has 11 heavy (non-hydrogen) atoms. The lowest BCUT2D eigenvalue weighted by Crippen LogP contribution is -2.08. The van der Waals surface area contributed by atoms with Crippen molar-refractivity contribution in [2.24, 2.45) is 0 Å². The van der Waals surface area contributed by atoms with Crippen LogP contribution in [0, 0.1) is 0 Å². The van der Waals surface area contributed by atoms with E-state index >= 15 is 0 Å². The van der Waals surface area contributed by atoms with Gasteiger partial charge < -0.3 is 5.11 Å². The number of rotatable bonds is 2. The minimum atomic E-state index is -3.88. The van der Waals surface area contributed by atoms with Gasteiger partial charge >= 0.3 is 0 Å². The van der Waals surface area contributed by atoms with Gasteiger partial charge in [0, 0.05) is 5.75 Å². The lowest BCUT2D eigenvalue weighted by molar-refractivity contribution is 0.323. The summed E-state index contributed by atoms with van der Waals surface area (Å²) in [5.41, 5.74) is 0. The first-order valence-electron chi connectivity index (χ1n) is 2.72. The molecule has 0 bridgehead atoms. The summed E-state index contributed by atoms with van der Waals surface area (Å²) in [6.45, 7) is 1.46. The maximum atomic E-state index is 9.81. The van der Waals surface area contributed by atoms with Gasteiger partial charge in [-0.25, -0.2) is 0 Å². The van der Waals surface area contributed by atoms with Gasteiger partial charge in [0.05, 0.1) is 6.61 Å². The smallest absolute Gasteiger partial charge is 0.276 e. The molecule has 0 aliphatic heterocycles. The summed E-state index contributed by atoms with van der Waals surface area (Å²) < 4.78 is 26.6. The van der Waals surface area contributed by atoms with Gasteiger partial charge in [-0.1, -0.05) is 0 Å². The minimum absolute atomic E-state index is 0.184. The Bertz CT molecular complexity index is 160. The molecule has 1 unspecified atom stereocenters. The Morgan fingerprint density at radius 1 is 1.55 bits per heavy atom. The van der Waals surface area contributed by atoms with Crippen molar-refractivity contribution in [2.75, 3.05) is 12.4 Å². The minimum Gasteiger partial charge on any atom is -0.396 e. The summed E-state index contributed by atoms with van der Waals surface area (Å²) >= 11 is 7.11. The third-order valence-electron chi connectivity index (χ3n) is 0.531. The van der Waals surface area contributed by atoms with Crippen LogP contribution < -0.4 is 0 Å². The van der Waals surface area contributed by atoms with E-state index in [0.29, 0.717) is 5.75 Å². The number of thiol groups is 2. The van der Waals surface area contributed by atoms with E-state index in [9.17, 15) is 8.42 Å². The number of hydrogen-bond acceptors (Lipinski definition) is 5. The van der Waals surface area contributed by atoms with E-state index in [4.69, 9.17) is 9.66 Å². The second kappa shape index (κ2) is 7.23. The van der Waals surface area contributed by atoms with E-state index in [1.165, 1.54) is 6.92 Å². The molecular weight excluding hydrogens is 208 g/mol. The summed E-state index contributed by atoms with van der Waals surface area (Å²) in [6.07, 6.45) is 0. The van der Waals surface area contributed by atoms with Crippen molar-refractivity contribution < 1.29 is 18.1 Å². The Balaban J connectivity index is 0. The maximum Gasteiger partial charge on any atom is 0.276 e. The normalized spacial score (nSPS) is 13.2. The molecule has 0 heterocycles. The van der Waals surface area contributed by atoms with Crippen LogP contribution in [-0.4, -0.2) is 35.0 Å². The van der Waals surface area contributed by atoms with Crippen LogP contribution in [0.1, 0.15) is 6.92 Å². The predicted octanol–water partition coefficient (Wildman–Crippen LogP) is 0.0585. The van der Waals surface area contributed by atoms with Crippen LogP contribution in [0.5, 0.6) is 0 Å². The van der Waals surface area contributed by atoms with E-state index in [-0.39, 0.29) is 6.61 Å². The molecule has 2 N–H and O–H groups in total. The molecule has 0 rings (SSSR count). The van der Waals surface area contributed by atoms with Crippen LogP contribution >= 0.6 is 25.3 Å². The highest BCUT2D eigenvalue weighted by atomic mass is 32.3. The molecule has 0 aliphatic carbocycles. The van der Waals surface area contributed by atoms with E-state index in [1.807, 2.05) is 0 Å². The SMILES string of the molecule is CC(S)S(=O)(=O)O.OCCS. The van der Waals surface area contributed by atoms with Gasteiger partial charge in [0.1, 0.15) is 4.58 Å². The van der Waals surface area contributed by atoms with Gasteiger partial charge in [0.15, 0.2) is 0 Å². The van der Waals surface area contributed by atoms with E-state index in [1.54, 1.807) is 0 Å². The zero-order valence-electron chi connectivity index (χ0n) is 6.01. The van der Waals surface area contributed by atoms with Crippen molar-refractivity contribution in [1.29, 1.82) is 0 Å². The predicted molar refractivity (Wildman–Crippen MR) is 50.9 cm³/mol. The van der Waals surface area contributed by atoms with Crippen LogP contribution in [0.15, 0.2) is 0 Å². The van der Waals surface area contributed by atoms with Crippen LogP contribution in [0.4, 0.5) is 0 Å². The van der Waals surface area contributed by atoms with Crippen LogP contribution in [0.2, 0.25) is 0 Å². The Hall–Kier alpha value is 0.570. The van der Waals surface area contributed by atoms with Crippen LogP contribution in [0.3, 0.4) is 0 Å². The summed E-state index contributed by atoms with van der Waals surface area (Å²) in [4.78, 5) is 0. The largest absolute Gasteiger partial charge is 0.396 e. The monoisotopic (exact) mass is 220 g/mol. The zero-order valence-corrected chi connectivity index (χ0v) is 8.61. The summed E-state index contributed by atoms with van der Waals surface area (Å²) in [5.74, 6) is 0.569. The molecule has 0 aliphatic rings. The third-order valence-corrected chi connectivity index (χ3v) is 2.39. The average Bonchev–Trinajstić information content (AvgIpc) is 1.87. The van der Waals surface area contributed by atoms with Crippen molar-refractivity contribution in [1.82, 2.24) is 0 Å². The number of aliphatic hydroxyl groups excluding tert-OH is 1. The van der Waals surface area contributed by atoms with Crippen molar-refractivity contribution in [3.05, 3.63) is 0 Å². The van der Waals surface area contributed by atoms with Gasteiger partial charge in [-0.15, -0.1) is 0 Å². The van der Waals surface area contributed by atoms with Gasteiger partial charge in [-0.05, 0) is 6.92 Å². The Kier molecular flexibility index (Phi) is 9.28. The molecule has 0 aromatic carbocycles. The standard InChI is InChI=1S/C2H6O3S2.C2H6OS/c1-2(6)7(3,4)5;3-1-2-4/h2,6H,1H3,(H,3,4,5);3-4H,1-2H2. The molecule has 0 spiro atoms. The molecule has 0 saturated carbocycles. The van der Waals surface area contributed by atoms with Gasteiger partial charge in [0.25, 0.3) is 10.1 Å². The van der Waals surface area contributed by atoms with Crippen molar-refractivity contribution in [2.45, 2.75) is 11.5 Å². The van der Waals surface area contributed by atoms with Crippen LogP contribution in [-0.2, 0) is 10.1 Å². The van der Waals surface area contributed by atoms with E-state index in [0.717, 1.165) is 0 Å². The quantitative estimate of drug-likeness (QED) is 0.392. The van der Waals surface area contributed by atoms with Crippen molar-refractivity contribution in [3.8, 4) is 0 Å². The van der Waals surface area contributed by atoms with Crippen molar-refractivity contribution in [3.63, 3.8) is 0 Å². The first kappa shape index (κ1) is 14.1. The molecule has 7 heteroatoms. The van der Waals surface area contributed by atoms with E-state index in [2.05, 4.69) is 25.3 Å². The Morgan fingerprint density at radius 2 is 1.73 bits per heavy atom.